The Hall–Kier alpha value is -2.93. The van der Waals surface area contributed by atoms with E-state index in [2.05, 4.69) is 36.2 Å². The van der Waals surface area contributed by atoms with Crippen molar-refractivity contribution in [3.8, 4) is 0 Å². The lowest BCUT2D eigenvalue weighted by Gasteiger charge is -2.30. The number of likely N-dealkylation sites (N-methyl/N-ethyl adjacent to an activating group) is 1. The first-order valence-corrected chi connectivity index (χ1v) is 9.87. The van der Waals surface area contributed by atoms with Crippen molar-refractivity contribution in [1.82, 2.24) is 19.4 Å². The van der Waals surface area contributed by atoms with Crippen molar-refractivity contribution >= 4 is 12.0 Å². The van der Waals surface area contributed by atoms with Gasteiger partial charge in [0.25, 0.3) is 5.56 Å². The molecule has 1 aromatic carbocycles. The maximum absolute atomic E-state index is 12.3. The minimum absolute atomic E-state index is 0.176. The van der Waals surface area contributed by atoms with Crippen LogP contribution in [0.15, 0.2) is 52.2 Å². The van der Waals surface area contributed by atoms with Crippen LogP contribution in [-0.2, 0) is 25.3 Å². The van der Waals surface area contributed by atoms with Gasteiger partial charge in [0.05, 0.1) is 5.56 Å². The Labute approximate surface area is 171 Å². The van der Waals surface area contributed by atoms with E-state index in [0.717, 1.165) is 24.1 Å². The third-order valence-electron chi connectivity index (χ3n) is 5.04. The van der Waals surface area contributed by atoms with Crippen molar-refractivity contribution in [3.63, 3.8) is 0 Å². The van der Waals surface area contributed by atoms with Gasteiger partial charge in [0.2, 0.25) is 5.91 Å². The van der Waals surface area contributed by atoms with Gasteiger partial charge in [0.1, 0.15) is 0 Å². The van der Waals surface area contributed by atoms with Gasteiger partial charge in [0, 0.05) is 39.0 Å². The predicted molar refractivity (Wildman–Crippen MR) is 116 cm³/mol. The summed E-state index contributed by atoms with van der Waals surface area (Å²) >= 11 is 0. The summed E-state index contributed by atoms with van der Waals surface area (Å²) in [7, 11) is 2.98. The van der Waals surface area contributed by atoms with Gasteiger partial charge < -0.3 is 9.88 Å². The van der Waals surface area contributed by atoms with Crippen LogP contribution >= 0.6 is 0 Å². The molecule has 0 aliphatic carbocycles. The molecule has 0 spiro atoms. The zero-order valence-corrected chi connectivity index (χ0v) is 17.6. The predicted octanol–water partition coefficient (Wildman–Crippen LogP) is 1.17. The average molecular weight is 399 g/mol. The van der Waals surface area contributed by atoms with E-state index in [1.807, 2.05) is 18.2 Å². The summed E-state index contributed by atoms with van der Waals surface area (Å²) < 4.78 is 2.34. The fraction of sp³-hybridized carbons (Fsp3) is 0.409. The molecule has 0 radical (unpaired) electrons. The van der Waals surface area contributed by atoms with Crippen molar-refractivity contribution in [2.45, 2.75) is 26.3 Å². The van der Waals surface area contributed by atoms with Gasteiger partial charge in [-0.1, -0.05) is 44.2 Å². The molecule has 156 valence electrons. The molecule has 0 saturated heterocycles. The summed E-state index contributed by atoms with van der Waals surface area (Å²) in [5.41, 5.74) is 0.680. The van der Waals surface area contributed by atoms with Gasteiger partial charge in [-0.05, 0) is 31.1 Å². The van der Waals surface area contributed by atoms with Crippen molar-refractivity contribution < 1.29 is 4.79 Å². The number of carbonyl (C=O) groups excluding carboxylic acids is 1. The molecule has 0 fully saturated rings. The number of amides is 1. The SMILES string of the molecule is CCN(CC)C(CNC(=O)/C=C/c1cn(C)c(=O)n(C)c1=O)Cc1ccccc1. The molecule has 0 aliphatic rings. The topological polar surface area (TPSA) is 76.3 Å². The van der Waals surface area contributed by atoms with Crippen LogP contribution in [0.2, 0.25) is 0 Å². The first-order chi connectivity index (χ1) is 13.9. The summed E-state index contributed by atoms with van der Waals surface area (Å²) in [6, 6.07) is 10.4. The number of aryl methyl sites for hydroxylation is 1. The van der Waals surface area contributed by atoms with E-state index in [-0.39, 0.29) is 17.5 Å². The summed E-state index contributed by atoms with van der Waals surface area (Å²) in [4.78, 5) is 38.5. The van der Waals surface area contributed by atoms with E-state index < -0.39 is 11.2 Å². The molecule has 1 aromatic heterocycles. The number of nitrogens with one attached hydrogen (secondary N) is 1. The third kappa shape index (κ3) is 6.02. The van der Waals surface area contributed by atoms with Crippen molar-refractivity contribution in [2.75, 3.05) is 19.6 Å². The number of carbonyl (C=O) groups is 1. The second kappa shape index (κ2) is 10.6. The highest BCUT2D eigenvalue weighted by Gasteiger charge is 2.17. The summed E-state index contributed by atoms with van der Waals surface area (Å²) in [5.74, 6) is -0.272. The Morgan fingerprint density at radius 2 is 1.79 bits per heavy atom. The fourth-order valence-corrected chi connectivity index (χ4v) is 3.35. The monoisotopic (exact) mass is 398 g/mol. The van der Waals surface area contributed by atoms with Gasteiger partial charge in [-0.25, -0.2) is 4.79 Å². The van der Waals surface area contributed by atoms with E-state index >= 15 is 0 Å². The Kier molecular flexibility index (Phi) is 8.15. The van der Waals surface area contributed by atoms with E-state index in [1.54, 1.807) is 7.05 Å². The number of rotatable bonds is 9. The molecule has 0 saturated carbocycles. The van der Waals surface area contributed by atoms with E-state index in [0.29, 0.717) is 6.54 Å². The average Bonchev–Trinajstić information content (AvgIpc) is 2.73. The molecule has 1 N–H and O–H groups in total. The number of nitrogens with zero attached hydrogens (tertiary/aromatic N) is 3. The molecular formula is C22H30N4O3. The number of aromatic nitrogens is 2. The summed E-state index contributed by atoms with van der Waals surface area (Å²) in [6.45, 7) is 6.52. The normalized spacial score (nSPS) is 12.4. The Morgan fingerprint density at radius 3 is 2.41 bits per heavy atom. The standard InChI is InChI=1S/C22H30N4O3/c1-5-26(6-2)19(14-17-10-8-7-9-11-17)15-23-20(27)13-12-18-16-24(3)22(29)25(4)21(18)28/h7-13,16,19H,5-6,14-15H2,1-4H3,(H,23,27)/b13-12+. The largest absolute Gasteiger partial charge is 0.351 e. The molecule has 0 bridgehead atoms. The minimum atomic E-state index is -0.428. The van der Waals surface area contributed by atoms with Crippen molar-refractivity contribution in [2.24, 2.45) is 14.1 Å². The van der Waals surface area contributed by atoms with Gasteiger partial charge in [-0.2, -0.15) is 0 Å². The van der Waals surface area contributed by atoms with Gasteiger partial charge >= 0.3 is 5.69 Å². The first-order valence-electron chi connectivity index (χ1n) is 9.87. The van der Waals surface area contributed by atoms with Gasteiger partial charge in [0.15, 0.2) is 0 Å². The van der Waals surface area contributed by atoms with Crippen LogP contribution in [0.4, 0.5) is 0 Å². The van der Waals surface area contributed by atoms with Crippen LogP contribution in [0.1, 0.15) is 25.0 Å². The lowest BCUT2D eigenvalue weighted by atomic mass is 10.0. The second-order valence-corrected chi connectivity index (χ2v) is 6.99. The molecule has 7 heteroatoms. The van der Waals surface area contributed by atoms with Gasteiger partial charge in [-0.15, -0.1) is 0 Å². The maximum Gasteiger partial charge on any atom is 0.330 e. The highest BCUT2D eigenvalue weighted by atomic mass is 16.2. The van der Waals surface area contributed by atoms with Crippen LogP contribution in [0.3, 0.4) is 0 Å². The highest BCUT2D eigenvalue weighted by molar-refractivity contribution is 5.91. The number of hydrogen-bond donors (Lipinski definition) is 1. The molecule has 1 amide bonds. The molecule has 29 heavy (non-hydrogen) atoms. The highest BCUT2D eigenvalue weighted by Crippen LogP contribution is 2.08. The quantitative estimate of drug-likeness (QED) is 0.644. The van der Waals surface area contributed by atoms with Crippen LogP contribution in [0.5, 0.6) is 0 Å². The maximum atomic E-state index is 12.3. The molecule has 0 aliphatic heterocycles. The molecule has 2 aromatic rings. The molecule has 1 atom stereocenters. The van der Waals surface area contributed by atoms with Crippen LogP contribution < -0.4 is 16.6 Å². The zero-order chi connectivity index (χ0) is 21.4. The molecular weight excluding hydrogens is 368 g/mol. The number of benzene rings is 1. The van der Waals surface area contributed by atoms with E-state index in [1.165, 1.54) is 35.5 Å². The van der Waals surface area contributed by atoms with E-state index in [4.69, 9.17) is 0 Å². The minimum Gasteiger partial charge on any atom is -0.351 e. The molecule has 7 nitrogen and oxygen atoms in total. The molecule has 1 heterocycles. The fourth-order valence-electron chi connectivity index (χ4n) is 3.35. The van der Waals surface area contributed by atoms with Crippen LogP contribution in [0, 0.1) is 0 Å². The third-order valence-corrected chi connectivity index (χ3v) is 5.04. The number of hydrogen-bond acceptors (Lipinski definition) is 4. The summed E-state index contributed by atoms with van der Waals surface area (Å²) in [6.07, 6.45) is 5.06. The first kappa shape index (κ1) is 22.4. The van der Waals surface area contributed by atoms with Crippen molar-refractivity contribution in [3.05, 3.63) is 74.6 Å². The Balaban J connectivity index is 2.07. The lowest BCUT2D eigenvalue weighted by Crippen LogP contribution is -2.44. The second-order valence-electron chi connectivity index (χ2n) is 6.99. The van der Waals surface area contributed by atoms with Crippen LogP contribution in [-0.4, -0.2) is 45.6 Å². The summed E-state index contributed by atoms with van der Waals surface area (Å²) in [5, 5.41) is 2.94. The lowest BCUT2D eigenvalue weighted by molar-refractivity contribution is -0.116. The molecule has 2 rings (SSSR count). The van der Waals surface area contributed by atoms with Crippen LogP contribution in [0.25, 0.3) is 6.08 Å². The smallest absolute Gasteiger partial charge is 0.330 e. The Morgan fingerprint density at radius 1 is 1.14 bits per heavy atom. The van der Waals surface area contributed by atoms with E-state index in [9.17, 15) is 14.4 Å². The Bertz CT molecular complexity index is 956. The molecule has 1 unspecified atom stereocenters. The van der Waals surface area contributed by atoms with Gasteiger partial charge in [-0.3, -0.25) is 19.1 Å². The van der Waals surface area contributed by atoms with Crippen molar-refractivity contribution in [1.29, 1.82) is 0 Å². The zero-order valence-electron chi connectivity index (χ0n) is 17.6.